The van der Waals surface area contributed by atoms with Crippen molar-refractivity contribution in [3.05, 3.63) is 77.7 Å². The van der Waals surface area contributed by atoms with Crippen molar-refractivity contribution in [1.29, 1.82) is 0 Å². The Kier molecular flexibility index (Phi) is 3.24. The Labute approximate surface area is 136 Å². The molecule has 0 aliphatic carbocycles. The first-order valence-corrected chi connectivity index (χ1v) is 7.75. The zero-order valence-electron chi connectivity index (χ0n) is 11.6. The second-order valence-electron chi connectivity index (χ2n) is 5.03. The van der Waals surface area contributed by atoms with Gasteiger partial charge in [0.05, 0.1) is 17.4 Å². The zero-order chi connectivity index (χ0) is 14.9. The van der Waals surface area contributed by atoms with E-state index in [1.165, 1.54) is 0 Å². The van der Waals surface area contributed by atoms with Gasteiger partial charge in [0.15, 0.2) is 0 Å². The van der Waals surface area contributed by atoms with E-state index in [0.717, 1.165) is 32.2 Å². The molecule has 4 aromatic rings. The number of pyridine rings is 1. The van der Waals surface area contributed by atoms with E-state index >= 15 is 0 Å². The Morgan fingerprint density at radius 3 is 2.59 bits per heavy atom. The summed E-state index contributed by atoms with van der Waals surface area (Å²) in [4.78, 5) is 4.41. The summed E-state index contributed by atoms with van der Waals surface area (Å²) >= 11 is 3.45. The van der Waals surface area contributed by atoms with Gasteiger partial charge in [-0.15, -0.1) is 0 Å². The average Bonchev–Trinajstić information content (AvgIpc) is 3.05. The number of aromatic nitrogens is 3. The van der Waals surface area contributed by atoms with E-state index in [-0.39, 0.29) is 0 Å². The molecule has 0 saturated carbocycles. The van der Waals surface area contributed by atoms with E-state index in [0.29, 0.717) is 0 Å². The van der Waals surface area contributed by atoms with E-state index < -0.39 is 0 Å². The summed E-state index contributed by atoms with van der Waals surface area (Å²) in [6.07, 6.45) is 5.78. The van der Waals surface area contributed by atoms with E-state index in [1.54, 1.807) is 0 Å². The number of fused-ring (bicyclic) bond motifs is 1. The van der Waals surface area contributed by atoms with Crippen LogP contribution in [0.1, 0.15) is 0 Å². The second-order valence-corrected chi connectivity index (χ2v) is 5.94. The lowest BCUT2D eigenvalue weighted by molar-refractivity contribution is 0.880. The first-order chi connectivity index (χ1) is 10.8. The van der Waals surface area contributed by atoms with Crippen molar-refractivity contribution < 1.29 is 0 Å². The van der Waals surface area contributed by atoms with Crippen LogP contribution < -0.4 is 0 Å². The topological polar surface area (TPSA) is 30.7 Å². The smallest absolute Gasteiger partial charge is 0.0708 e. The number of halogens is 1. The van der Waals surface area contributed by atoms with Gasteiger partial charge >= 0.3 is 0 Å². The molecule has 0 N–H and O–H groups in total. The van der Waals surface area contributed by atoms with Crippen LogP contribution >= 0.6 is 15.9 Å². The second kappa shape index (κ2) is 5.39. The van der Waals surface area contributed by atoms with E-state index in [2.05, 4.69) is 32.1 Å². The fraction of sp³-hybridized carbons (Fsp3) is 0. The van der Waals surface area contributed by atoms with Crippen LogP contribution in [-0.2, 0) is 0 Å². The highest BCUT2D eigenvalue weighted by atomic mass is 79.9. The van der Waals surface area contributed by atoms with Crippen LogP contribution in [-0.4, -0.2) is 14.8 Å². The summed E-state index contributed by atoms with van der Waals surface area (Å²) < 4.78 is 2.94. The molecule has 2 aromatic heterocycles. The van der Waals surface area contributed by atoms with Gasteiger partial charge in [-0.1, -0.05) is 34.1 Å². The van der Waals surface area contributed by atoms with Crippen molar-refractivity contribution in [2.24, 2.45) is 0 Å². The largest absolute Gasteiger partial charge is 0.256 e. The third-order valence-corrected chi connectivity index (χ3v) is 4.16. The summed E-state index contributed by atoms with van der Waals surface area (Å²) in [6, 6.07) is 18.3. The van der Waals surface area contributed by atoms with Crippen LogP contribution in [0, 0.1) is 0 Å². The quantitative estimate of drug-likeness (QED) is 0.517. The number of benzene rings is 2. The van der Waals surface area contributed by atoms with Gasteiger partial charge in [0.25, 0.3) is 0 Å². The van der Waals surface area contributed by atoms with Gasteiger partial charge in [-0.05, 0) is 42.0 Å². The minimum absolute atomic E-state index is 0.997. The van der Waals surface area contributed by atoms with Gasteiger partial charge in [0.2, 0.25) is 0 Å². The Morgan fingerprint density at radius 1 is 0.909 bits per heavy atom. The molecule has 0 atom stereocenters. The van der Waals surface area contributed by atoms with Gasteiger partial charge in [-0.25, -0.2) is 4.68 Å². The molecule has 0 unspecified atom stereocenters. The molecule has 4 rings (SSSR count). The fourth-order valence-electron chi connectivity index (χ4n) is 2.54. The van der Waals surface area contributed by atoms with Gasteiger partial charge in [0.1, 0.15) is 0 Å². The van der Waals surface area contributed by atoms with Crippen LogP contribution in [0.2, 0.25) is 0 Å². The average molecular weight is 350 g/mol. The third-order valence-electron chi connectivity index (χ3n) is 3.63. The van der Waals surface area contributed by atoms with E-state index in [1.807, 2.05) is 71.8 Å². The van der Waals surface area contributed by atoms with Crippen LogP contribution in [0.3, 0.4) is 0 Å². The number of hydrogen-bond acceptors (Lipinski definition) is 2. The Bertz CT molecular complexity index is 937. The number of hydrogen-bond donors (Lipinski definition) is 0. The van der Waals surface area contributed by atoms with Gasteiger partial charge < -0.3 is 0 Å². The normalized spacial score (nSPS) is 11.0. The molecule has 0 fully saturated rings. The van der Waals surface area contributed by atoms with Crippen LogP contribution in [0.25, 0.3) is 27.7 Å². The standard InChI is InChI=1S/C18H12BrN3/c19-14-5-7-15(8-6-14)22-12-13(11-21-22)16-9-10-20-18-4-2-1-3-17(16)18/h1-12H. The molecule has 0 amide bonds. The van der Waals surface area contributed by atoms with E-state index in [4.69, 9.17) is 0 Å². The monoisotopic (exact) mass is 349 g/mol. The molecule has 0 saturated heterocycles. The SMILES string of the molecule is Brc1ccc(-n2cc(-c3ccnc4ccccc34)cn2)cc1. The first kappa shape index (κ1) is 13.2. The highest BCUT2D eigenvalue weighted by molar-refractivity contribution is 9.10. The van der Waals surface area contributed by atoms with Gasteiger partial charge in [-0.3, -0.25) is 4.98 Å². The maximum atomic E-state index is 4.48. The maximum Gasteiger partial charge on any atom is 0.0708 e. The highest BCUT2D eigenvalue weighted by Gasteiger charge is 2.07. The fourth-order valence-corrected chi connectivity index (χ4v) is 2.81. The predicted octanol–water partition coefficient (Wildman–Crippen LogP) is 4.85. The third kappa shape index (κ3) is 2.31. The molecule has 0 aliphatic heterocycles. The number of nitrogens with zero attached hydrogens (tertiary/aromatic N) is 3. The number of para-hydroxylation sites is 1. The van der Waals surface area contributed by atoms with Crippen molar-refractivity contribution in [3.8, 4) is 16.8 Å². The molecular formula is C18H12BrN3. The molecule has 4 heteroatoms. The molecule has 2 aromatic carbocycles. The minimum Gasteiger partial charge on any atom is -0.256 e. The summed E-state index contributed by atoms with van der Waals surface area (Å²) in [7, 11) is 0. The summed E-state index contributed by atoms with van der Waals surface area (Å²) in [6.45, 7) is 0. The Morgan fingerprint density at radius 2 is 1.73 bits per heavy atom. The minimum atomic E-state index is 0.997. The van der Waals surface area contributed by atoms with Crippen molar-refractivity contribution in [2.45, 2.75) is 0 Å². The predicted molar refractivity (Wildman–Crippen MR) is 92.0 cm³/mol. The molecule has 0 aliphatic rings. The Balaban J connectivity index is 1.82. The van der Waals surface area contributed by atoms with Crippen LogP contribution in [0.5, 0.6) is 0 Å². The first-order valence-electron chi connectivity index (χ1n) is 6.96. The summed E-state index contributed by atoms with van der Waals surface area (Å²) in [5.41, 5.74) is 4.26. The Hall–Kier alpha value is -2.46. The van der Waals surface area contributed by atoms with Crippen LogP contribution in [0.4, 0.5) is 0 Å². The lowest BCUT2D eigenvalue weighted by Crippen LogP contribution is -1.92. The molecule has 0 bridgehead atoms. The van der Waals surface area contributed by atoms with Crippen molar-refractivity contribution in [1.82, 2.24) is 14.8 Å². The molecule has 0 radical (unpaired) electrons. The van der Waals surface area contributed by atoms with Crippen molar-refractivity contribution in [3.63, 3.8) is 0 Å². The summed E-state index contributed by atoms with van der Waals surface area (Å²) in [5.74, 6) is 0. The lowest BCUT2D eigenvalue weighted by Gasteiger charge is -2.03. The summed E-state index contributed by atoms with van der Waals surface area (Å²) in [5, 5.41) is 5.62. The van der Waals surface area contributed by atoms with Crippen molar-refractivity contribution in [2.75, 3.05) is 0 Å². The maximum absolute atomic E-state index is 4.48. The van der Waals surface area contributed by atoms with Gasteiger partial charge in [0, 0.05) is 27.8 Å². The molecule has 0 spiro atoms. The van der Waals surface area contributed by atoms with Crippen molar-refractivity contribution >= 4 is 26.8 Å². The zero-order valence-corrected chi connectivity index (χ0v) is 13.2. The molecular weight excluding hydrogens is 338 g/mol. The molecule has 22 heavy (non-hydrogen) atoms. The molecule has 2 heterocycles. The highest BCUT2D eigenvalue weighted by Crippen LogP contribution is 2.27. The van der Waals surface area contributed by atoms with E-state index in [9.17, 15) is 0 Å². The lowest BCUT2D eigenvalue weighted by atomic mass is 10.0. The van der Waals surface area contributed by atoms with Crippen LogP contribution in [0.15, 0.2) is 77.7 Å². The van der Waals surface area contributed by atoms with Gasteiger partial charge in [-0.2, -0.15) is 5.10 Å². The molecule has 3 nitrogen and oxygen atoms in total. The molecule has 106 valence electrons. The number of rotatable bonds is 2.